The van der Waals surface area contributed by atoms with Gasteiger partial charge in [-0.2, -0.15) is 0 Å². The van der Waals surface area contributed by atoms with Crippen molar-refractivity contribution in [1.82, 2.24) is 0 Å². The summed E-state index contributed by atoms with van der Waals surface area (Å²) in [6.45, 7) is 2.23. The normalized spacial score (nSPS) is 14.2. The first-order valence-electron chi connectivity index (χ1n) is 7.32. The average Bonchev–Trinajstić information content (AvgIpc) is 2.83. The van der Waals surface area contributed by atoms with E-state index in [0.717, 1.165) is 12.8 Å². The lowest BCUT2D eigenvalue weighted by Crippen LogP contribution is -2.03. The molecule has 0 heteroatoms. The van der Waals surface area contributed by atoms with E-state index in [1.54, 1.807) is 0 Å². The number of hydrogen-bond donors (Lipinski definition) is 0. The molecule has 0 aliphatic heterocycles. The summed E-state index contributed by atoms with van der Waals surface area (Å²) in [6, 6.07) is 15.9. The number of rotatable bonds is 0. The zero-order chi connectivity index (χ0) is 13.3. The summed E-state index contributed by atoms with van der Waals surface area (Å²) in [5.74, 6) is 0. The van der Waals surface area contributed by atoms with E-state index in [-0.39, 0.29) is 0 Å². The van der Waals surface area contributed by atoms with Gasteiger partial charge in [-0.1, -0.05) is 24.3 Å². The van der Waals surface area contributed by atoms with Crippen LogP contribution in [-0.2, 0) is 12.8 Å². The van der Waals surface area contributed by atoms with Gasteiger partial charge in [-0.15, -0.1) is 0 Å². The molecule has 20 heavy (non-hydrogen) atoms. The molecule has 0 saturated heterocycles. The monoisotopic (exact) mass is 255 g/mol. The fourth-order valence-corrected chi connectivity index (χ4v) is 4.08. The molecule has 0 atom stereocenters. The molecule has 94 valence electrons. The fourth-order valence-electron chi connectivity index (χ4n) is 4.08. The highest BCUT2D eigenvalue weighted by Gasteiger charge is 2.35. The van der Waals surface area contributed by atoms with Crippen molar-refractivity contribution in [2.45, 2.75) is 19.8 Å². The zero-order valence-corrected chi connectivity index (χ0v) is 11.5. The lowest BCUT2D eigenvalue weighted by Gasteiger charge is -2.14. The van der Waals surface area contributed by atoms with Crippen LogP contribution in [0.1, 0.15) is 27.8 Å². The molecule has 2 aliphatic rings. The molecule has 0 heterocycles. The van der Waals surface area contributed by atoms with Crippen molar-refractivity contribution in [3.8, 4) is 11.1 Å². The molecule has 5 rings (SSSR count). The maximum Gasteiger partial charge on any atom is 0.146 e. The summed E-state index contributed by atoms with van der Waals surface area (Å²) in [5.41, 5.74) is 10.4. The molecule has 0 saturated carbocycles. The highest BCUT2D eigenvalue weighted by Crippen LogP contribution is 2.48. The fraction of sp³-hybridized carbons (Fsp3) is 0.150. The van der Waals surface area contributed by atoms with E-state index in [1.807, 2.05) is 0 Å². The lowest BCUT2D eigenvalue weighted by atomic mass is 9.82. The van der Waals surface area contributed by atoms with Gasteiger partial charge in [0.15, 0.2) is 0 Å². The molecule has 0 aromatic heterocycles. The van der Waals surface area contributed by atoms with Crippen LogP contribution in [0.3, 0.4) is 0 Å². The first-order chi connectivity index (χ1) is 9.83. The third-order valence-electron chi connectivity index (χ3n) is 4.89. The van der Waals surface area contributed by atoms with Crippen molar-refractivity contribution in [3.05, 3.63) is 76.7 Å². The molecule has 3 aromatic carbocycles. The number of fused-ring (bicyclic) bond motifs is 2. The highest BCUT2D eigenvalue weighted by atomic mass is 14.3. The average molecular weight is 255 g/mol. The Morgan fingerprint density at radius 3 is 2.70 bits per heavy atom. The Bertz CT molecular complexity index is 884. The summed E-state index contributed by atoms with van der Waals surface area (Å²) in [7, 11) is 0. The van der Waals surface area contributed by atoms with Crippen LogP contribution in [-0.4, -0.2) is 0 Å². The maximum absolute atomic E-state index is 2.44. The smallest absolute Gasteiger partial charge is 0.0615 e. The summed E-state index contributed by atoms with van der Waals surface area (Å²) >= 11 is 0. The van der Waals surface area contributed by atoms with Gasteiger partial charge in [0.1, 0.15) is 5.56 Å². The Labute approximate surface area is 119 Å². The summed E-state index contributed by atoms with van der Waals surface area (Å²) in [6.07, 6.45) is 4.61. The second-order valence-corrected chi connectivity index (χ2v) is 6.03. The van der Waals surface area contributed by atoms with E-state index in [1.165, 1.54) is 49.7 Å². The Morgan fingerprint density at radius 1 is 0.900 bits per heavy atom. The molecular formula is C20H15+. The SMILES string of the molecule is Cc1cccc2cc3c4c(c12)[CH+]Cc1cccc(c1-4)C3. The van der Waals surface area contributed by atoms with E-state index in [4.69, 9.17) is 0 Å². The molecular weight excluding hydrogens is 240 g/mol. The van der Waals surface area contributed by atoms with Crippen molar-refractivity contribution in [2.75, 3.05) is 0 Å². The number of aryl methyl sites for hydroxylation is 1. The topological polar surface area (TPSA) is 0 Å². The van der Waals surface area contributed by atoms with Crippen LogP contribution in [0.25, 0.3) is 21.9 Å². The minimum atomic E-state index is 1.07. The molecule has 2 aliphatic carbocycles. The minimum absolute atomic E-state index is 1.07. The molecule has 0 amide bonds. The van der Waals surface area contributed by atoms with E-state index in [2.05, 4.69) is 55.8 Å². The van der Waals surface area contributed by atoms with E-state index in [0.29, 0.717) is 0 Å². The summed E-state index contributed by atoms with van der Waals surface area (Å²) < 4.78 is 0. The largest absolute Gasteiger partial charge is 0.146 e. The molecule has 0 N–H and O–H groups in total. The van der Waals surface area contributed by atoms with Gasteiger partial charge in [0.05, 0.1) is 10.9 Å². The Balaban J connectivity index is 2.01. The molecule has 0 fully saturated rings. The van der Waals surface area contributed by atoms with Crippen molar-refractivity contribution in [1.29, 1.82) is 0 Å². The van der Waals surface area contributed by atoms with Crippen molar-refractivity contribution in [2.24, 2.45) is 0 Å². The van der Waals surface area contributed by atoms with Crippen LogP contribution in [0.2, 0.25) is 0 Å². The third kappa shape index (κ3) is 1.15. The summed E-state index contributed by atoms with van der Waals surface area (Å²) in [4.78, 5) is 0. The molecule has 0 radical (unpaired) electrons. The van der Waals surface area contributed by atoms with Gasteiger partial charge in [0, 0.05) is 41.3 Å². The van der Waals surface area contributed by atoms with Crippen LogP contribution in [0, 0.1) is 13.3 Å². The van der Waals surface area contributed by atoms with Gasteiger partial charge in [0.2, 0.25) is 0 Å². The van der Waals surface area contributed by atoms with Gasteiger partial charge in [0.25, 0.3) is 0 Å². The van der Waals surface area contributed by atoms with E-state index < -0.39 is 0 Å². The van der Waals surface area contributed by atoms with E-state index >= 15 is 0 Å². The Kier molecular flexibility index (Phi) is 1.83. The van der Waals surface area contributed by atoms with Crippen LogP contribution >= 0.6 is 0 Å². The quantitative estimate of drug-likeness (QED) is 0.395. The van der Waals surface area contributed by atoms with Gasteiger partial charge < -0.3 is 0 Å². The van der Waals surface area contributed by atoms with Gasteiger partial charge in [-0.05, 0) is 36.2 Å². The van der Waals surface area contributed by atoms with Gasteiger partial charge in [-0.25, -0.2) is 0 Å². The second-order valence-electron chi connectivity index (χ2n) is 6.03. The summed E-state index contributed by atoms with van der Waals surface area (Å²) in [5, 5.41) is 2.85. The maximum atomic E-state index is 2.44. The predicted molar refractivity (Wildman–Crippen MR) is 84.0 cm³/mol. The number of hydrogen-bond acceptors (Lipinski definition) is 0. The zero-order valence-electron chi connectivity index (χ0n) is 11.5. The van der Waals surface area contributed by atoms with Crippen LogP contribution in [0.5, 0.6) is 0 Å². The Hall–Kier alpha value is -2.21. The standard InChI is InChI=1S/C20H15/c1-12-4-2-6-14-10-16-11-15-7-3-5-13-8-9-17(18(12)14)20(16)19(13)15/h2-7,9-10H,8,11H2,1H3/q+1. The van der Waals surface area contributed by atoms with Gasteiger partial charge in [-0.3, -0.25) is 0 Å². The van der Waals surface area contributed by atoms with Gasteiger partial charge >= 0.3 is 0 Å². The van der Waals surface area contributed by atoms with Crippen LogP contribution in [0.4, 0.5) is 0 Å². The molecule has 0 unspecified atom stereocenters. The van der Waals surface area contributed by atoms with Crippen LogP contribution in [0.15, 0.2) is 42.5 Å². The van der Waals surface area contributed by atoms with E-state index in [9.17, 15) is 0 Å². The van der Waals surface area contributed by atoms with Crippen LogP contribution < -0.4 is 0 Å². The number of benzene rings is 3. The first kappa shape index (κ1) is 10.6. The van der Waals surface area contributed by atoms with Crippen molar-refractivity contribution < 1.29 is 0 Å². The molecule has 0 spiro atoms. The first-order valence-corrected chi connectivity index (χ1v) is 7.32. The lowest BCUT2D eigenvalue weighted by molar-refractivity contribution is 1.15. The Morgan fingerprint density at radius 2 is 1.75 bits per heavy atom. The van der Waals surface area contributed by atoms with Crippen molar-refractivity contribution in [3.63, 3.8) is 0 Å². The van der Waals surface area contributed by atoms with Crippen molar-refractivity contribution >= 4 is 10.8 Å². The highest BCUT2D eigenvalue weighted by molar-refractivity contribution is 6.00. The third-order valence-corrected chi connectivity index (χ3v) is 4.89. The predicted octanol–water partition coefficient (Wildman–Crippen LogP) is 4.83. The second kappa shape index (κ2) is 3.46. The molecule has 0 bridgehead atoms. The molecule has 3 aromatic rings. The minimum Gasteiger partial charge on any atom is -0.0615 e. The molecule has 0 nitrogen and oxygen atoms in total.